The molecule has 1 aromatic carbocycles. The minimum atomic E-state index is 0.149. The van der Waals surface area contributed by atoms with Crippen LogP contribution in [-0.2, 0) is 6.42 Å². The number of fused-ring (bicyclic) bond motifs is 1. The van der Waals surface area contributed by atoms with Gasteiger partial charge in [0.2, 0.25) is 5.82 Å². The molecular formula is C15H14N4OS. The summed E-state index contributed by atoms with van der Waals surface area (Å²) < 4.78 is 5.37. The maximum Gasteiger partial charge on any atom is 0.258 e. The third-order valence-corrected chi connectivity index (χ3v) is 4.57. The molecule has 1 atom stereocenters. The van der Waals surface area contributed by atoms with Crippen molar-refractivity contribution in [1.29, 1.82) is 0 Å². The molecule has 0 radical (unpaired) electrons. The molecule has 4 rings (SSSR count). The maximum atomic E-state index is 6.15. The molecule has 106 valence electrons. The molecular weight excluding hydrogens is 284 g/mol. The largest absolute Gasteiger partial charge is 0.334 e. The highest BCUT2D eigenvalue weighted by atomic mass is 32.1. The Morgan fingerprint density at radius 3 is 3.14 bits per heavy atom. The van der Waals surface area contributed by atoms with Crippen molar-refractivity contribution in [3.05, 3.63) is 40.9 Å². The zero-order valence-corrected chi connectivity index (χ0v) is 12.1. The Kier molecular flexibility index (Phi) is 3.05. The van der Waals surface area contributed by atoms with Gasteiger partial charge in [0.25, 0.3) is 5.89 Å². The molecule has 1 aliphatic carbocycles. The number of hydrogen-bond acceptors (Lipinski definition) is 6. The standard InChI is InChI=1S/C15H14N4OS/c16-12-3-1-2-9-8-10(4-5-11(9)12)14-18-13(19-20-14)15-17-6-7-21-15/h4-8,12H,1-3,16H2. The number of nitrogens with two attached hydrogens (primary N) is 1. The number of aromatic nitrogens is 3. The molecule has 0 spiro atoms. The summed E-state index contributed by atoms with van der Waals surface area (Å²) in [5.74, 6) is 1.07. The van der Waals surface area contributed by atoms with E-state index in [1.807, 2.05) is 11.4 Å². The van der Waals surface area contributed by atoms with Crippen molar-refractivity contribution in [1.82, 2.24) is 15.1 Å². The molecule has 2 heterocycles. The molecule has 2 N–H and O–H groups in total. The molecule has 0 bridgehead atoms. The zero-order valence-electron chi connectivity index (χ0n) is 11.3. The molecule has 0 saturated carbocycles. The maximum absolute atomic E-state index is 6.15. The predicted octanol–water partition coefficient (Wildman–Crippen LogP) is 3.20. The first-order chi connectivity index (χ1) is 10.3. The van der Waals surface area contributed by atoms with E-state index in [2.05, 4.69) is 27.3 Å². The average Bonchev–Trinajstić information content (AvgIpc) is 3.18. The van der Waals surface area contributed by atoms with E-state index in [1.54, 1.807) is 6.20 Å². The van der Waals surface area contributed by atoms with Crippen molar-refractivity contribution >= 4 is 11.3 Å². The van der Waals surface area contributed by atoms with Gasteiger partial charge in [-0.25, -0.2) is 4.98 Å². The van der Waals surface area contributed by atoms with Crippen LogP contribution < -0.4 is 5.73 Å². The van der Waals surface area contributed by atoms with Crippen LogP contribution in [0.3, 0.4) is 0 Å². The number of benzene rings is 1. The molecule has 5 nitrogen and oxygen atoms in total. The molecule has 1 unspecified atom stereocenters. The topological polar surface area (TPSA) is 77.8 Å². The van der Waals surface area contributed by atoms with Crippen LogP contribution in [0.2, 0.25) is 0 Å². The van der Waals surface area contributed by atoms with Crippen LogP contribution in [0.4, 0.5) is 0 Å². The van der Waals surface area contributed by atoms with Crippen LogP contribution >= 0.6 is 11.3 Å². The van der Waals surface area contributed by atoms with Gasteiger partial charge in [0.1, 0.15) is 0 Å². The van der Waals surface area contributed by atoms with Crippen LogP contribution in [0.5, 0.6) is 0 Å². The van der Waals surface area contributed by atoms with E-state index in [-0.39, 0.29) is 6.04 Å². The fraction of sp³-hybridized carbons (Fsp3) is 0.267. The second-order valence-corrected chi connectivity index (χ2v) is 6.07. The van der Waals surface area contributed by atoms with Crippen molar-refractivity contribution in [3.8, 4) is 22.3 Å². The van der Waals surface area contributed by atoms with Gasteiger partial charge in [-0.3, -0.25) is 0 Å². The number of nitrogens with zero attached hydrogens (tertiary/aromatic N) is 3. The Labute approximate surface area is 125 Å². The first kappa shape index (κ1) is 12.7. The van der Waals surface area contributed by atoms with Crippen molar-refractivity contribution in [3.63, 3.8) is 0 Å². The molecule has 6 heteroatoms. The number of thiazole rings is 1. The van der Waals surface area contributed by atoms with Gasteiger partial charge in [0, 0.05) is 23.2 Å². The van der Waals surface area contributed by atoms with Gasteiger partial charge in [-0.15, -0.1) is 11.3 Å². The van der Waals surface area contributed by atoms with Gasteiger partial charge < -0.3 is 10.3 Å². The first-order valence-electron chi connectivity index (χ1n) is 6.93. The third kappa shape index (κ3) is 2.26. The lowest BCUT2D eigenvalue weighted by Gasteiger charge is -2.22. The van der Waals surface area contributed by atoms with Crippen molar-refractivity contribution in [2.75, 3.05) is 0 Å². The highest BCUT2D eigenvalue weighted by Gasteiger charge is 2.19. The van der Waals surface area contributed by atoms with Crippen LogP contribution in [0, 0.1) is 0 Å². The molecule has 3 aromatic rings. The lowest BCUT2D eigenvalue weighted by atomic mass is 9.87. The fourth-order valence-electron chi connectivity index (χ4n) is 2.75. The van der Waals surface area contributed by atoms with Gasteiger partial charge in [-0.05, 0) is 42.5 Å². The normalized spacial score (nSPS) is 17.7. The summed E-state index contributed by atoms with van der Waals surface area (Å²) in [6, 6.07) is 6.36. The summed E-state index contributed by atoms with van der Waals surface area (Å²) in [5, 5.41) is 6.66. The summed E-state index contributed by atoms with van der Waals surface area (Å²) in [6.07, 6.45) is 4.98. The Bertz CT molecular complexity index is 766. The molecule has 0 aliphatic heterocycles. The van der Waals surface area contributed by atoms with Gasteiger partial charge >= 0.3 is 0 Å². The monoisotopic (exact) mass is 298 g/mol. The van der Waals surface area contributed by atoms with Gasteiger partial charge in [-0.1, -0.05) is 11.2 Å². The summed E-state index contributed by atoms with van der Waals surface area (Å²) in [7, 11) is 0. The van der Waals surface area contributed by atoms with Crippen molar-refractivity contribution < 1.29 is 4.52 Å². The average molecular weight is 298 g/mol. The van der Waals surface area contributed by atoms with Crippen LogP contribution in [0.1, 0.15) is 30.0 Å². The second kappa shape index (κ2) is 5.05. The number of aryl methyl sites for hydroxylation is 1. The molecule has 0 fully saturated rings. The number of rotatable bonds is 2. The lowest BCUT2D eigenvalue weighted by molar-refractivity contribution is 0.432. The smallest absolute Gasteiger partial charge is 0.258 e. The van der Waals surface area contributed by atoms with Crippen molar-refractivity contribution in [2.24, 2.45) is 5.73 Å². The van der Waals surface area contributed by atoms with E-state index in [0.29, 0.717) is 11.7 Å². The summed E-state index contributed by atoms with van der Waals surface area (Å²) >= 11 is 1.50. The molecule has 0 amide bonds. The van der Waals surface area contributed by atoms with Crippen molar-refractivity contribution in [2.45, 2.75) is 25.3 Å². The summed E-state index contributed by atoms with van der Waals surface area (Å²) in [4.78, 5) is 8.62. The lowest BCUT2D eigenvalue weighted by Crippen LogP contribution is -2.17. The molecule has 0 saturated heterocycles. The fourth-order valence-corrected chi connectivity index (χ4v) is 3.31. The van der Waals surface area contributed by atoms with Crippen LogP contribution in [0.25, 0.3) is 22.3 Å². The predicted molar refractivity (Wildman–Crippen MR) is 80.7 cm³/mol. The van der Waals surface area contributed by atoms with E-state index in [9.17, 15) is 0 Å². The van der Waals surface area contributed by atoms with Gasteiger partial charge in [0.05, 0.1) is 0 Å². The summed E-state index contributed by atoms with van der Waals surface area (Å²) in [5.41, 5.74) is 9.62. The van der Waals surface area contributed by atoms with E-state index < -0.39 is 0 Å². The molecule has 2 aromatic heterocycles. The highest BCUT2D eigenvalue weighted by Crippen LogP contribution is 2.31. The third-order valence-electron chi connectivity index (χ3n) is 3.80. The Morgan fingerprint density at radius 1 is 1.33 bits per heavy atom. The molecule has 21 heavy (non-hydrogen) atoms. The van der Waals surface area contributed by atoms with Gasteiger partial charge in [-0.2, -0.15) is 4.98 Å². The van der Waals surface area contributed by atoms with E-state index in [4.69, 9.17) is 10.3 Å². The van der Waals surface area contributed by atoms with Crippen LogP contribution in [-0.4, -0.2) is 15.1 Å². The summed E-state index contributed by atoms with van der Waals surface area (Å²) in [6.45, 7) is 0. The SMILES string of the molecule is NC1CCCc2cc(-c3nc(-c4nccs4)no3)ccc21. The first-order valence-corrected chi connectivity index (χ1v) is 7.81. The van der Waals surface area contributed by atoms with E-state index in [0.717, 1.165) is 29.8 Å². The highest BCUT2D eigenvalue weighted by molar-refractivity contribution is 7.12. The second-order valence-electron chi connectivity index (χ2n) is 5.17. The Balaban J connectivity index is 1.71. The van der Waals surface area contributed by atoms with E-state index >= 15 is 0 Å². The van der Waals surface area contributed by atoms with Gasteiger partial charge in [0.15, 0.2) is 5.01 Å². The minimum absolute atomic E-state index is 0.149. The van der Waals surface area contributed by atoms with Crippen LogP contribution in [0.15, 0.2) is 34.3 Å². The minimum Gasteiger partial charge on any atom is -0.334 e. The Morgan fingerprint density at radius 2 is 2.29 bits per heavy atom. The Hall–Kier alpha value is -2.05. The quantitative estimate of drug-likeness (QED) is 0.786. The number of hydrogen-bond donors (Lipinski definition) is 1. The molecule has 1 aliphatic rings. The zero-order chi connectivity index (χ0) is 14.2. The van der Waals surface area contributed by atoms with E-state index in [1.165, 1.54) is 22.5 Å².